The fourth-order valence-electron chi connectivity index (χ4n) is 3.02. The Kier molecular flexibility index (Phi) is 4.99. The zero-order valence-electron chi connectivity index (χ0n) is 13.4. The topological polar surface area (TPSA) is 52.6 Å². The molecule has 0 saturated carbocycles. The Morgan fingerprint density at radius 1 is 1.17 bits per heavy atom. The predicted octanol–water partition coefficient (Wildman–Crippen LogP) is 3.18. The van der Waals surface area contributed by atoms with Crippen molar-refractivity contribution in [3.8, 4) is 5.75 Å². The first-order chi connectivity index (χ1) is 11.6. The number of benzene rings is 2. The van der Waals surface area contributed by atoms with E-state index in [2.05, 4.69) is 5.32 Å². The van der Waals surface area contributed by atoms with E-state index in [0.717, 1.165) is 18.4 Å². The summed E-state index contributed by atoms with van der Waals surface area (Å²) in [6.07, 6.45) is 1.88. The second-order valence-corrected chi connectivity index (χ2v) is 6.13. The van der Waals surface area contributed by atoms with Gasteiger partial charge in [-0.1, -0.05) is 24.3 Å². The molecule has 1 saturated heterocycles. The van der Waals surface area contributed by atoms with E-state index in [-0.39, 0.29) is 23.5 Å². The van der Waals surface area contributed by atoms with Gasteiger partial charge in [0.1, 0.15) is 11.6 Å². The van der Waals surface area contributed by atoms with E-state index in [1.807, 2.05) is 11.0 Å². The molecule has 0 unspecified atom stereocenters. The van der Waals surface area contributed by atoms with Crippen molar-refractivity contribution in [2.75, 3.05) is 18.4 Å². The third kappa shape index (κ3) is 4.04. The Balaban J connectivity index is 1.51. The molecule has 1 heterocycles. The number of anilines is 1. The maximum Gasteiger partial charge on any atom is 0.226 e. The molecule has 4 nitrogen and oxygen atoms in total. The smallest absolute Gasteiger partial charge is 0.226 e. The van der Waals surface area contributed by atoms with Crippen LogP contribution in [0, 0.1) is 5.82 Å². The number of rotatable bonds is 4. The zero-order chi connectivity index (χ0) is 16.9. The standard InChI is InChI=1S/C19H21FN2O2/c20-17-6-1-2-7-18(17)21-15-8-10-22(11-9-15)19(24)13-14-4-3-5-16(23)12-14/h1-7,12,15,21,23H,8-11,13H2. The average Bonchev–Trinajstić information content (AvgIpc) is 2.57. The van der Waals surface area contributed by atoms with Crippen LogP contribution < -0.4 is 5.32 Å². The first-order valence-electron chi connectivity index (χ1n) is 8.18. The molecule has 1 aliphatic rings. The number of carbonyl (C=O) groups excluding carboxylic acids is 1. The highest BCUT2D eigenvalue weighted by Gasteiger charge is 2.23. The number of nitrogens with zero attached hydrogens (tertiary/aromatic N) is 1. The minimum Gasteiger partial charge on any atom is -0.508 e. The van der Waals surface area contributed by atoms with E-state index in [9.17, 15) is 14.3 Å². The zero-order valence-corrected chi connectivity index (χ0v) is 13.4. The molecule has 0 atom stereocenters. The van der Waals surface area contributed by atoms with Gasteiger partial charge in [0.15, 0.2) is 0 Å². The van der Waals surface area contributed by atoms with E-state index in [4.69, 9.17) is 0 Å². The molecular formula is C19H21FN2O2. The van der Waals surface area contributed by atoms with Crippen molar-refractivity contribution < 1.29 is 14.3 Å². The second kappa shape index (κ2) is 7.34. The van der Waals surface area contributed by atoms with Gasteiger partial charge in [-0.15, -0.1) is 0 Å². The van der Waals surface area contributed by atoms with Crippen molar-refractivity contribution in [2.45, 2.75) is 25.3 Å². The monoisotopic (exact) mass is 328 g/mol. The largest absolute Gasteiger partial charge is 0.508 e. The lowest BCUT2D eigenvalue weighted by Gasteiger charge is -2.33. The minimum atomic E-state index is -0.250. The van der Waals surface area contributed by atoms with Crippen LogP contribution in [0.15, 0.2) is 48.5 Å². The molecule has 2 aromatic carbocycles. The van der Waals surface area contributed by atoms with E-state index >= 15 is 0 Å². The van der Waals surface area contributed by atoms with E-state index in [1.54, 1.807) is 36.4 Å². The SMILES string of the molecule is O=C(Cc1cccc(O)c1)N1CCC(Nc2ccccc2F)CC1. The van der Waals surface area contributed by atoms with Gasteiger partial charge < -0.3 is 15.3 Å². The number of halogens is 1. The number of hydrogen-bond acceptors (Lipinski definition) is 3. The fraction of sp³-hybridized carbons (Fsp3) is 0.316. The van der Waals surface area contributed by atoms with Crippen LogP contribution in [0.1, 0.15) is 18.4 Å². The molecule has 2 N–H and O–H groups in total. The Morgan fingerprint density at radius 2 is 1.92 bits per heavy atom. The molecule has 0 spiro atoms. The highest BCUT2D eigenvalue weighted by atomic mass is 19.1. The Morgan fingerprint density at radius 3 is 2.62 bits per heavy atom. The molecule has 0 bridgehead atoms. The lowest BCUT2D eigenvalue weighted by molar-refractivity contribution is -0.131. The van der Waals surface area contributed by atoms with Crippen LogP contribution in [0.2, 0.25) is 0 Å². The number of phenolic OH excluding ortho intramolecular Hbond substituents is 1. The molecule has 1 fully saturated rings. The summed E-state index contributed by atoms with van der Waals surface area (Å²) >= 11 is 0. The summed E-state index contributed by atoms with van der Waals surface area (Å²) in [4.78, 5) is 14.2. The summed E-state index contributed by atoms with van der Waals surface area (Å²) in [5.41, 5.74) is 1.33. The Labute approximate surface area is 140 Å². The second-order valence-electron chi connectivity index (χ2n) is 6.13. The highest BCUT2D eigenvalue weighted by molar-refractivity contribution is 5.79. The van der Waals surface area contributed by atoms with Gasteiger partial charge in [0, 0.05) is 19.1 Å². The van der Waals surface area contributed by atoms with Crippen LogP contribution in [0.5, 0.6) is 5.75 Å². The van der Waals surface area contributed by atoms with Crippen LogP contribution in [-0.2, 0) is 11.2 Å². The quantitative estimate of drug-likeness (QED) is 0.906. The van der Waals surface area contributed by atoms with E-state index in [1.165, 1.54) is 6.07 Å². The van der Waals surface area contributed by atoms with Crippen LogP contribution in [-0.4, -0.2) is 35.0 Å². The number of phenols is 1. The number of hydrogen-bond donors (Lipinski definition) is 2. The number of para-hydroxylation sites is 1. The van der Waals surface area contributed by atoms with Crippen molar-refractivity contribution in [3.05, 3.63) is 59.9 Å². The maximum absolute atomic E-state index is 13.7. The normalized spacial score (nSPS) is 15.3. The molecule has 3 rings (SSSR count). The third-order valence-corrected chi connectivity index (χ3v) is 4.35. The summed E-state index contributed by atoms with van der Waals surface area (Å²) in [6, 6.07) is 13.6. The van der Waals surface area contributed by atoms with Gasteiger partial charge in [-0.3, -0.25) is 4.79 Å². The molecule has 0 radical (unpaired) electrons. The van der Waals surface area contributed by atoms with Gasteiger partial charge in [0.2, 0.25) is 5.91 Å². The lowest BCUT2D eigenvalue weighted by Crippen LogP contribution is -2.43. The predicted molar refractivity (Wildman–Crippen MR) is 91.4 cm³/mol. The number of aromatic hydroxyl groups is 1. The summed E-state index contributed by atoms with van der Waals surface area (Å²) in [5.74, 6) is -0.0158. The van der Waals surface area contributed by atoms with Crippen molar-refractivity contribution in [1.29, 1.82) is 0 Å². The number of amides is 1. The van der Waals surface area contributed by atoms with Crippen molar-refractivity contribution >= 4 is 11.6 Å². The summed E-state index contributed by atoms with van der Waals surface area (Å²) in [5, 5.41) is 12.7. The molecule has 126 valence electrons. The Hall–Kier alpha value is -2.56. The lowest BCUT2D eigenvalue weighted by atomic mass is 10.0. The first kappa shape index (κ1) is 16.3. The first-order valence-corrected chi connectivity index (χ1v) is 8.18. The number of nitrogens with one attached hydrogen (secondary N) is 1. The minimum absolute atomic E-state index is 0.0601. The molecule has 0 aliphatic carbocycles. The molecule has 0 aromatic heterocycles. The van der Waals surface area contributed by atoms with Crippen LogP contribution in [0.25, 0.3) is 0 Å². The van der Waals surface area contributed by atoms with Gasteiger partial charge in [-0.2, -0.15) is 0 Å². The molecule has 5 heteroatoms. The van der Waals surface area contributed by atoms with Crippen LogP contribution in [0.4, 0.5) is 10.1 Å². The van der Waals surface area contributed by atoms with Crippen molar-refractivity contribution in [2.24, 2.45) is 0 Å². The van der Waals surface area contributed by atoms with Gasteiger partial charge in [0.05, 0.1) is 12.1 Å². The van der Waals surface area contributed by atoms with Gasteiger partial charge >= 0.3 is 0 Å². The average molecular weight is 328 g/mol. The summed E-state index contributed by atoms with van der Waals surface area (Å²) < 4.78 is 13.7. The van der Waals surface area contributed by atoms with Gasteiger partial charge in [-0.25, -0.2) is 4.39 Å². The molecular weight excluding hydrogens is 307 g/mol. The van der Waals surface area contributed by atoms with Crippen LogP contribution >= 0.6 is 0 Å². The van der Waals surface area contributed by atoms with Crippen molar-refractivity contribution in [1.82, 2.24) is 4.90 Å². The fourth-order valence-corrected chi connectivity index (χ4v) is 3.02. The molecule has 2 aromatic rings. The summed E-state index contributed by atoms with van der Waals surface area (Å²) in [7, 11) is 0. The van der Waals surface area contributed by atoms with E-state index < -0.39 is 0 Å². The van der Waals surface area contributed by atoms with Crippen molar-refractivity contribution in [3.63, 3.8) is 0 Å². The number of likely N-dealkylation sites (tertiary alicyclic amines) is 1. The third-order valence-electron chi connectivity index (χ3n) is 4.35. The molecule has 1 aliphatic heterocycles. The maximum atomic E-state index is 13.7. The van der Waals surface area contributed by atoms with Gasteiger partial charge in [0.25, 0.3) is 0 Å². The number of carbonyl (C=O) groups is 1. The van der Waals surface area contributed by atoms with Gasteiger partial charge in [-0.05, 0) is 42.7 Å². The van der Waals surface area contributed by atoms with Crippen LogP contribution in [0.3, 0.4) is 0 Å². The summed E-state index contributed by atoms with van der Waals surface area (Å²) in [6.45, 7) is 1.31. The van der Waals surface area contributed by atoms with E-state index in [0.29, 0.717) is 25.2 Å². The Bertz CT molecular complexity index is 712. The molecule has 1 amide bonds. The molecule has 24 heavy (non-hydrogen) atoms. The number of piperidine rings is 1. The highest BCUT2D eigenvalue weighted by Crippen LogP contribution is 2.20.